The molecule has 0 unspecified atom stereocenters. The number of benzene rings is 1. The third-order valence-corrected chi connectivity index (χ3v) is 5.38. The zero-order chi connectivity index (χ0) is 16.6. The lowest BCUT2D eigenvalue weighted by Gasteiger charge is -2.39. The number of nitrogens with one attached hydrogen (secondary N) is 1. The highest BCUT2D eigenvalue weighted by Gasteiger charge is 2.34. The van der Waals surface area contributed by atoms with Crippen LogP contribution in [0, 0.1) is 0 Å². The van der Waals surface area contributed by atoms with Gasteiger partial charge in [-0.3, -0.25) is 9.78 Å². The van der Waals surface area contributed by atoms with E-state index >= 15 is 0 Å². The van der Waals surface area contributed by atoms with Crippen LogP contribution >= 0.6 is 0 Å². The van der Waals surface area contributed by atoms with Gasteiger partial charge < -0.3 is 10.0 Å². The molecule has 0 spiro atoms. The van der Waals surface area contributed by atoms with Crippen molar-refractivity contribution in [2.45, 2.75) is 44.1 Å². The number of anilines is 1. The molecular weight excluding hydrogens is 302 g/mol. The topological polar surface area (TPSA) is 69.2 Å². The van der Waals surface area contributed by atoms with E-state index < -0.39 is 5.60 Å². The van der Waals surface area contributed by atoms with Gasteiger partial charge in [-0.15, -0.1) is 0 Å². The average Bonchev–Trinajstić information content (AvgIpc) is 2.63. The molecule has 1 aliphatic heterocycles. The monoisotopic (exact) mass is 325 g/mol. The number of aliphatic hydroxyl groups is 1. The summed E-state index contributed by atoms with van der Waals surface area (Å²) < 4.78 is 0. The second-order valence-electron chi connectivity index (χ2n) is 6.91. The molecule has 2 heterocycles. The van der Waals surface area contributed by atoms with Crippen LogP contribution in [0.25, 0.3) is 0 Å². The Labute approximate surface area is 141 Å². The number of aryl methyl sites for hydroxylation is 1. The number of aromatic nitrogens is 2. The molecule has 2 N–H and O–H groups in total. The summed E-state index contributed by atoms with van der Waals surface area (Å²) in [6.07, 6.45) is 5.19. The first-order valence-electron chi connectivity index (χ1n) is 8.81. The van der Waals surface area contributed by atoms with Gasteiger partial charge in [-0.25, -0.2) is 4.98 Å². The van der Waals surface area contributed by atoms with E-state index in [0.717, 1.165) is 42.5 Å². The van der Waals surface area contributed by atoms with E-state index in [1.54, 1.807) is 0 Å². The van der Waals surface area contributed by atoms with Crippen LogP contribution in [0.4, 0.5) is 5.95 Å². The number of hydrogen-bond donors (Lipinski definition) is 2. The van der Waals surface area contributed by atoms with Crippen LogP contribution < -0.4 is 10.5 Å². The molecule has 4 rings (SSSR count). The minimum Gasteiger partial charge on any atom is -0.385 e. The molecule has 126 valence electrons. The van der Waals surface area contributed by atoms with E-state index in [4.69, 9.17) is 4.98 Å². The first-order chi connectivity index (χ1) is 11.7. The highest BCUT2D eigenvalue weighted by Crippen LogP contribution is 2.33. The van der Waals surface area contributed by atoms with Gasteiger partial charge in [0.05, 0.1) is 11.3 Å². The third kappa shape index (κ3) is 2.73. The summed E-state index contributed by atoms with van der Waals surface area (Å²) in [7, 11) is 0. The molecule has 5 nitrogen and oxygen atoms in total. The molecule has 0 radical (unpaired) electrons. The van der Waals surface area contributed by atoms with Gasteiger partial charge in [0.1, 0.15) is 0 Å². The molecule has 2 aliphatic rings. The van der Waals surface area contributed by atoms with Crippen molar-refractivity contribution in [2.75, 3.05) is 18.0 Å². The molecule has 1 saturated heterocycles. The van der Waals surface area contributed by atoms with Crippen molar-refractivity contribution in [3.63, 3.8) is 0 Å². The van der Waals surface area contributed by atoms with E-state index in [0.29, 0.717) is 31.9 Å². The Morgan fingerprint density at radius 1 is 1.08 bits per heavy atom. The van der Waals surface area contributed by atoms with Crippen molar-refractivity contribution in [3.8, 4) is 0 Å². The quantitative estimate of drug-likeness (QED) is 0.887. The summed E-state index contributed by atoms with van der Waals surface area (Å²) in [5.74, 6) is 0.663. The lowest BCUT2D eigenvalue weighted by molar-refractivity contribution is 0.0115. The SMILES string of the molecule is O=c1[nH]c(N2CCC(O)(c3ccccc3)CC2)nc2c1CCCC2. The van der Waals surface area contributed by atoms with Crippen LogP contribution in [0.1, 0.15) is 42.5 Å². The zero-order valence-corrected chi connectivity index (χ0v) is 13.8. The fourth-order valence-electron chi connectivity index (χ4n) is 3.87. The predicted molar refractivity (Wildman–Crippen MR) is 93.3 cm³/mol. The van der Waals surface area contributed by atoms with Gasteiger partial charge in [-0.2, -0.15) is 0 Å². The molecule has 0 amide bonds. The maximum absolute atomic E-state index is 12.3. The lowest BCUT2D eigenvalue weighted by Crippen LogP contribution is -2.44. The first kappa shape index (κ1) is 15.4. The summed E-state index contributed by atoms with van der Waals surface area (Å²) in [5.41, 5.74) is 2.02. The Kier molecular flexibility index (Phi) is 3.88. The zero-order valence-electron chi connectivity index (χ0n) is 13.8. The Balaban J connectivity index is 1.54. The molecule has 2 aromatic rings. The second-order valence-corrected chi connectivity index (χ2v) is 6.91. The molecular formula is C19H23N3O2. The van der Waals surface area contributed by atoms with E-state index in [-0.39, 0.29) is 5.56 Å². The van der Waals surface area contributed by atoms with Crippen molar-refractivity contribution in [1.82, 2.24) is 9.97 Å². The fourth-order valence-corrected chi connectivity index (χ4v) is 3.87. The van der Waals surface area contributed by atoms with Gasteiger partial charge in [0.15, 0.2) is 0 Å². The Bertz CT molecular complexity index is 777. The van der Waals surface area contributed by atoms with E-state index in [9.17, 15) is 9.90 Å². The van der Waals surface area contributed by atoms with Gasteiger partial charge in [-0.05, 0) is 44.1 Å². The minimum absolute atomic E-state index is 0.0126. The van der Waals surface area contributed by atoms with Gasteiger partial charge in [0, 0.05) is 18.7 Å². The van der Waals surface area contributed by atoms with Gasteiger partial charge in [0.25, 0.3) is 5.56 Å². The number of rotatable bonds is 2. The largest absolute Gasteiger partial charge is 0.385 e. The Hall–Kier alpha value is -2.14. The average molecular weight is 325 g/mol. The maximum Gasteiger partial charge on any atom is 0.255 e. The molecule has 1 aliphatic carbocycles. The van der Waals surface area contributed by atoms with E-state index in [1.807, 2.05) is 30.3 Å². The number of hydrogen-bond acceptors (Lipinski definition) is 4. The van der Waals surface area contributed by atoms with Crippen LogP contribution in [0.3, 0.4) is 0 Å². The van der Waals surface area contributed by atoms with Gasteiger partial charge >= 0.3 is 0 Å². The Morgan fingerprint density at radius 2 is 1.79 bits per heavy atom. The van der Waals surface area contributed by atoms with E-state index in [2.05, 4.69) is 9.88 Å². The molecule has 24 heavy (non-hydrogen) atoms. The van der Waals surface area contributed by atoms with Gasteiger partial charge in [-0.1, -0.05) is 30.3 Å². The highest BCUT2D eigenvalue weighted by atomic mass is 16.3. The molecule has 1 aromatic carbocycles. The van der Waals surface area contributed by atoms with Crippen molar-refractivity contribution in [2.24, 2.45) is 0 Å². The molecule has 0 saturated carbocycles. The van der Waals surface area contributed by atoms with Crippen LogP contribution in [-0.2, 0) is 18.4 Å². The van der Waals surface area contributed by atoms with Crippen LogP contribution in [-0.4, -0.2) is 28.2 Å². The van der Waals surface area contributed by atoms with Crippen molar-refractivity contribution in [1.29, 1.82) is 0 Å². The molecule has 0 atom stereocenters. The van der Waals surface area contributed by atoms with Gasteiger partial charge in [0.2, 0.25) is 5.95 Å². The van der Waals surface area contributed by atoms with Crippen molar-refractivity contribution < 1.29 is 5.11 Å². The molecule has 1 aromatic heterocycles. The summed E-state index contributed by atoms with van der Waals surface area (Å²) in [6, 6.07) is 9.84. The highest BCUT2D eigenvalue weighted by molar-refractivity contribution is 5.36. The van der Waals surface area contributed by atoms with Crippen molar-refractivity contribution in [3.05, 3.63) is 57.5 Å². The number of nitrogens with zero attached hydrogens (tertiary/aromatic N) is 2. The predicted octanol–water partition coefficient (Wildman–Crippen LogP) is 2.14. The molecule has 1 fully saturated rings. The first-order valence-corrected chi connectivity index (χ1v) is 8.81. The molecule has 0 bridgehead atoms. The lowest BCUT2D eigenvalue weighted by atomic mass is 9.84. The van der Waals surface area contributed by atoms with E-state index in [1.165, 1.54) is 0 Å². The normalized spacial score (nSPS) is 19.8. The minimum atomic E-state index is -0.785. The third-order valence-electron chi connectivity index (χ3n) is 5.38. The van der Waals surface area contributed by atoms with Crippen LogP contribution in [0.15, 0.2) is 35.1 Å². The number of piperidine rings is 1. The standard InChI is InChI=1S/C19H23N3O2/c23-17-15-8-4-5-9-16(15)20-18(21-17)22-12-10-19(24,11-13-22)14-6-2-1-3-7-14/h1-3,6-7,24H,4-5,8-13H2,(H,20,21,23). The Morgan fingerprint density at radius 3 is 2.54 bits per heavy atom. The van der Waals surface area contributed by atoms with Crippen molar-refractivity contribution >= 4 is 5.95 Å². The maximum atomic E-state index is 12.3. The smallest absolute Gasteiger partial charge is 0.255 e. The number of H-pyrrole nitrogens is 1. The fraction of sp³-hybridized carbons (Fsp3) is 0.474. The summed E-state index contributed by atoms with van der Waals surface area (Å²) in [4.78, 5) is 22.1. The second kappa shape index (κ2) is 6.06. The summed E-state index contributed by atoms with van der Waals surface area (Å²) in [6.45, 7) is 1.38. The van der Waals surface area contributed by atoms with Crippen LogP contribution in [0.5, 0.6) is 0 Å². The molecule has 5 heteroatoms. The summed E-state index contributed by atoms with van der Waals surface area (Å²) >= 11 is 0. The van der Waals surface area contributed by atoms with Crippen LogP contribution in [0.2, 0.25) is 0 Å². The summed E-state index contributed by atoms with van der Waals surface area (Å²) in [5, 5.41) is 10.9. The number of fused-ring (bicyclic) bond motifs is 1. The number of aromatic amines is 1.